The quantitative estimate of drug-likeness (QED) is 0.609. The molecule has 0 saturated carbocycles. The Morgan fingerprint density at radius 2 is 1.71 bits per heavy atom. The van der Waals surface area contributed by atoms with Gasteiger partial charge in [0.25, 0.3) is 0 Å². The third-order valence-electron chi connectivity index (χ3n) is 3.21. The lowest BCUT2D eigenvalue weighted by Gasteiger charge is -2.03. The van der Waals surface area contributed by atoms with E-state index >= 15 is 0 Å². The van der Waals surface area contributed by atoms with E-state index in [1.165, 1.54) is 16.9 Å². The average Bonchev–Trinajstić information content (AvgIpc) is 2.97. The van der Waals surface area contributed by atoms with Crippen LogP contribution in [0.15, 0.2) is 58.5 Å². The Morgan fingerprint density at radius 1 is 1.05 bits per heavy atom. The number of hydrogen-bond acceptors (Lipinski definition) is 3. The van der Waals surface area contributed by atoms with Crippen molar-refractivity contribution in [2.24, 2.45) is 0 Å². The summed E-state index contributed by atoms with van der Waals surface area (Å²) in [5.41, 5.74) is 5.32. The zero-order chi connectivity index (χ0) is 14.8. The van der Waals surface area contributed by atoms with E-state index in [9.17, 15) is 4.79 Å². The summed E-state index contributed by atoms with van der Waals surface area (Å²) in [6.45, 7) is 2.04. The number of rotatable bonds is 3. The number of aromatic nitrogens is 1. The van der Waals surface area contributed by atoms with E-state index in [4.69, 9.17) is 0 Å². The van der Waals surface area contributed by atoms with Crippen LogP contribution in [0.3, 0.4) is 0 Å². The molecule has 0 aliphatic heterocycles. The van der Waals surface area contributed by atoms with E-state index in [1.807, 2.05) is 55.5 Å². The second-order valence-corrected chi connectivity index (χ2v) is 6.50. The Kier molecular flexibility index (Phi) is 3.99. The molecule has 0 N–H and O–H groups in total. The van der Waals surface area contributed by atoms with Gasteiger partial charge in [-0.15, -0.1) is 11.3 Å². The maximum absolute atomic E-state index is 12.6. The van der Waals surface area contributed by atoms with E-state index in [2.05, 4.69) is 20.9 Å². The molecule has 0 bridgehead atoms. The summed E-state index contributed by atoms with van der Waals surface area (Å²) in [5.74, 6) is 0.0144. The minimum absolute atomic E-state index is 0.0144. The zero-order valence-corrected chi connectivity index (χ0v) is 13.7. The second kappa shape index (κ2) is 5.92. The Labute approximate surface area is 135 Å². The summed E-state index contributed by atoms with van der Waals surface area (Å²) < 4.78 is 0.960. The lowest BCUT2D eigenvalue weighted by atomic mass is 10.0. The van der Waals surface area contributed by atoms with Crippen LogP contribution in [0.1, 0.15) is 20.8 Å². The fraction of sp³-hybridized carbons (Fsp3) is 0.0588. The molecular weight excluding hydrogens is 346 g/mol. The zero-order valence-electron chi connectivity index (χ0n) is 11.3. The summed E-state index contributed by atoms with van der Waals surface area (Å²) in [4.78, 5) is 17.7. The fourth-order valence-electron chi connectivity index (χ4n) is 2.06. The van der Waals surface area contributed by atoms with Crippen LogP contribution in [-0.4, -0.2) is 10.8 Å². The van der Waals surface area contributed by atoms with Crippen molar-refractivity contribution in [3.8, 4) is 11.3 Å². The molecule has 0 atom stereocenters. The number of hydrogen-bond donors (Lipinski definition) is 0. The van der Waals surface area contributed by atoms with Crippen molar-refractivity contribution in [3.05, 3.63) is 74.5 Å². The van der Waals surface area contributed by atoms with Gasteiger partial charge in [-0.2, -0.15) is 0 Å². The molecule has 0 aliphatic carbocycles. The summed E-state index contributed by atoms with van der Waals surface area (Å²) >= 11 is 4.76. The van der Waals surface area contributed by atoms with Gasteiger partial charge in [-0.3, -0.25) is 4.79 Å². The molecule has 1 heterocycles. The molecule has 104 valence electrons. The van der Waals surface area contributed by atoms with Crippen LogP contribution in [0.5, 0.6) is 0 Å². The minimum Gasteiger partial charge on any atom is -0.288 e. The van der Waals surface area contributed by atoms with Gasteiger partial charge < -0.3 is 0 Å². The van der Waals surface area contributed by atoms with E-state index in [1.54, 1.807) is 5.51 Å². The highest BCUT2D eigenvalue weighted by molar-refractivity contribution is 9.10. The molecule has 0 unspecified atom stereocenters. The maximum Gasteiger partial charge on any atom is 0.205 e. The third kappa shape index (κ3) is 2.96. The molecule has 3 aromatic rings. The van der Waals surface area contributed by atoms with Crippen LogP contribution in [0.4, 0.5) is 0 Å². The summed E-state index contributed by atoms with van der Waals surface area (Å²) in [7, 11) is 0. The molecule has 0 radical (unpaired) electrons. The summed E-state index contributed by atoms with van der Waals surface area (Å²) in [5, 5.41) is 0. The van der Waals surface area contributed by atoms with Crippen molar-refractivity contribution < 1.29 is 4.79 Å². The van der Waals surface area contributed by atoms with Crippen LogP contribution in [0.2, 0.25) is 0 Å². The smallest absolute Gasteiger partial charge is 0.205 e. The van der Waals surface area contributed by atoms with Crippen molar-refractivity contribution in [1.82, 2.24) is 4.98 Å². The van der Waals surface area contributed by atoms with E-state index in [0.29, 0.717) is 10.4 Å². The normalized spacial score (nSPS) is 10.6. The predicted molar refractivity (Wildman–Crippen MR) is 89.9 cm³/mol. The first-order valence-electron chi connectivity index (χ1n) is 6.46. The number of carbonyl (C=O) groups is 1. The Hall–Kier alpha value is -1.78. The SMILES string of the molecule is Cc1ccc(-c2ncsc2C(=O)c2ccc(Br)cc2)cc1. The molecule has 4 heteroatoms. The Morgan fingerprint density at radius 3 is 2.38 bits per heavy atom. The molecule has 0 amide bonds. The minimum atomic E-state index is 0.0144. The Balaban J connectivity index is 2.00. The standard InChI is InChI=1S/C17H12BrNOS/c1-11-2-4-12(5-3-11)15-17(21-10-19-15)16(20)13-6-8-14(18)9-7-13/h2-10H,1H3. The van der Waals surface area contributed by atoms with Crippen molar-refractivity contribution in [1.29, 1.82) is 0 Å². The molecule has 1 aromatic heterocycles. The highest BCUT2D eigenvalue weighted by atomic mass is 79.9. The first-order valence-corrected chi connectivity index (χ1v) is 8.13. The lowest BCUT2D eigenvalue weighted by Crippen LogP contribution is -2.00. The number of halogens is 1. The molecular formula is C17H12BrNOS. The fourth-order valence-corrected chi connectivity index (χ4v) is 3.09. The van der Waals surface area contributed by atoms with Crippen molar-refractivity contribution in [2.45, 2.75) is 6.92 Å². The predicted octanol–water partition coefficient (Wildman–Crippen LogP) is 5.11. The monoisotopic (exact) mass is 357 g/mol. The summed E-state index contributed by atoms with van der Waals surface area (Å²) in [6.07, 6.45) is 0. The first kappa shape index (κ1) is 14.2. The van der Waals surface area contributed by atoms with E-state index < -0.39 is 0 Å². The van der Waals surface area contributed by atoms with Crippen molar-refractivity contribution in [2.75, 3.05) is 0 Å². The van der Waals surface area contributed by atoms with E-state index in [0.717, 1.165) is 15.7 Å². The number of nitrogens with zero attached hydrogens (tertiary/aromatic N) is 1. The summed E-state index contributed by atoms with van der Waals surface area (Å²) in [6, 6.07) is 15.5. The highest BCUT2D eigenvalue weighted by Crippen LogP contribution is 2.28. The maximum atomic E-state index is 12.6. The van der Waals surface area contributed by atoms with Gasteiger partial charge in [0.1, 0.15) is 4.88 Å². The van der Waals surface area contributed by atoms with Crippen LogP contribution >= 0.6 is 27.3 Å². The third-order valence-corrected chi connectivity index (χ3v) is 4.56. The Bertz CT molecular complexity index is 775. The number of ketones is 1. The van der Waals surface area contributed by atoms with Gasteiger partial charge in [0.2, 0.25) is 5.78 Å². The second-order valence-electron chi connectivity index (χ2n) is 4.73. The number of thiazole rings is 1. The van der Waals surface area contributed by atoms with Crippen molar-refractivity contribution >= 4 is 33.0 Å². The van der Waals surface area contributed by atoms with Gasteiger partial charge in [-0.05, 0) is 31.2 Å². The average molecular weight is 358 g/mol. The number of benzene rings is 2. The van der Waals surface area contributed by atoms with Gasteiger partial charge in [0, 0.05) is 15.6 Å². The van der Waals surface area contributed by atoms with Gasteiger partial charge in [-0.1, -0.05) is 45.8 Å². The van der Waals surface area contributed by atoms with Crippen molar-refractivity contribution in [3.63, 3.8) is 0 Å². The highest BCUT2D eigenvalue weighted by Gasteiger charge is 2.17. The van der Waals surface area contributed by atoms with Gasteiger partial charge in [-0.25, -0.2) is 4.98 Å². The number of carbonyl (C=O) groups excluding carboxylic acids is 1. The van der Waals surface area contributed by atoms with Gasteiger partial charge in [0.15, 0.2) is 0 Å². The van der Waals surface area contributed by atoms with Crippen LogP contribution in [-0.2, 0) is 0 Å². The first-order chi connectivity index (χ1) is 10.1. The molecule has 3 rings (SSSR count). The molecule has 2 aromatic carbocycles. The van der Waals surface area contributed by atoms with Gasteiger partial charge in [0.05, 0.1) is 11.2 Å². The molecule has 0 fully saturated rings. The molecule has 0 saturated heterocycles. The van der Waals surface area contributed by atoms with Crippen LogP contribution in [0, 0.1) is 6.92 Å². The van der Waals surface area contributed by atoms with E-state index in [-0.39, 0.29) is 5.78 Å². The van der Waals surface area contributed by atoms with Crippen LogP contribution < -0.4 is 0 Å². The lowest BCUT2D eigenvalue weighted by molar-refractivity contribution is 0.104. The topological polar surface area (TPSA) is 30.0 Å². The molecule has 0 aliphatic rings. The van der Waals surface area contributed by atoms with Gasteiger partial charge >= 0.3 is 0 Å². The molecule has 2 nitrogen and oxygen atoms in total. The van der Waals surface area contributed by atoms with Crippen LogP contribution in [0.25, 0.3) is 11.3 Å². The number of aryl methyl sites for hydroxylation is 1. The molecule has 21 heavy (non-hydrogen) atoms. The largest absolute Gasteiger partial charge is 0.288 e. The molecule has 0 spiro atoms.